The SMILES string of the molecule is NC(=O)Nc1ccc(SCc2nc3c(C(N)=O)cccc3[nH]2)cc1. The first-order chi connectivity index (χ1) is 11.5. The number of H-pyrrole nitrogens is 1. The maximum absolute atomic E-state index is 11.4. The van der Waals surface area contributed by atoms with Gasteiger partial charge in [0, 0.05) is 10.6 Å². The molecule has 0 radical (unpaired) electrons. The molecule has 3 aromatic rings. The van der Waals surface area contributed by atoms with Gasteiger partial charge in [0.15, 0.2) is 0 Å². The number of hydrogen-bond acceptors (Lipinski definition) is 4. The van der Waals surface area contributed by atoms with Gasteiger partial charge < -0.3 is 21.8 Å². The van der Waals surface area contributed by atoms with E-state index in [0.29, 0.717) is 22.5 Å². The van der Waals surface area contributed by atoms with Gasteiger partial charge in [-0.2, -0.15) is 0 Å². The summed E-state index contributed by atoms with van der Waals surface area (Å²) in [4.78, 5) is 30.9. The standard InChI is InChI=1S/C16H15N5O2S/c17-15(22)11-2-1-3-12-14(11)21-13(20-12)8-24-10-6-4-9(5-7-10)19-16(18)23/h1-7H,8H2,(H2,17,22)(H,20,21)(H3,18,19,23). The zero-order chi connectivity index (χ0) is 17.1. The van der Waals surface area contributed by atoms with E-state index in [1.54, 1.807) is 36.0 Å². The highest BCUT2D eigenvalue weighted by atomic mass is 32.2. The lowest BCUT2D eigenvalue weighted by atomic mass is 10.2. The van der Waals surface area contributed by atoms with Crippen LogP contribution in [-0.4, -0.2) is 21.9 Å². The molecular weight excluding hydrogens is 326 g/mol. The Balaban J connectivity index is 1.72. The Kier molecular flexibility index (Phi) is 4.39. The van der Waals surface area contributed by atoms with Crippen LogP contribution in [0.2, 0.25) is 0 Å². The molecule has 24 heavy (non-hydrogen) atoms. The van der Waals surface area contributed by atoms with Crippen molar-refractivity contribution in [3.8, 4) is 0 Å². The quantitative estimate of drug-likeness (QED) is 0.531. The van der Waals surface area contributed by atoms with Gasteiger partial charge in [-0.15, -0.1) is 11.8 Å². The van der Waals surface area contributed by atoms with E-state index in [0.717, 1.165) is 16.2 Å². The molecular formula is C16H15N5O2S. The van der Waals surface area contributed by atoms with Crippen LogP contribution in [0.3, 0.4) is 0 Å². The van der Waals surface area contributed by atoms with Crippen molar-refractivity contribution < 1.29 is 9.59 Å². The zero-order valence-corrected chi connectivity index (χ0v) is 13.4. The molecule has 6 N–H and O–H groups in total. The van der Waals surface area contributed by atoms with E-state index in [9.17, 15) is 9.59 Å². The summed E-state index contributed by atoms with van der Waals surface area (Å²) in [6.07, 6.45) is 0. The number of nitrogens with two attached hydrogens (primary N) is 2. The fraction of sp³-hybridized carbons (Fsp3) is 0.0625. The molecule has 0 bridgehead atoms. The molecule has 8 heteroatoms. The average molecular weight is 341 g/mol. The van der Waals surface area contributed by atoms with Crippen molar-refractivity contribution in [2.45, 2.75) is 10.6 Å². The van der Waals surface area contributed by atoms with Crippen molar-refractivity contribution in [1.29, 1.82) is 0 Å². The summed E-state index contributed by atoms with van der Waals surface area (Å²) < 4.78 is 0. The molecule has 1 heterocycles. The second-order valence-corrected chi connectivity index (χ2v) is 6.10. The molecule has 0 unspecified atom stereocenters. The minimum absolute atomic E-state index is 0.405. The maximum atomic E-state index is 11.4. The summed E-state index contributed by atoms with van der Waals surface area (Å²) in [5.74, 6) is 0.863. The first-order valence-electron chi connectivity index (χ1n) is 7.09. The lowest BCUT2D eigenvalue weighted by Gasteiger charge is -2.03. The van der Waals surface area contributed by atoms with Crippen LogP contribution >= 0.6 is 11.8 Å². The fourth-order valence-electron chi connectivity index (χ4n) is 2.28. The van der Waals surface area contributed by atoms with Gasteiger partial charge in [-0.25, -0.2) is 9.78 Å². The Morgan fingerprint density at radius 1 is 1.12 bits per heavy atom. The molecule has 0 fully saturated rings. The van der Waals surface area contributed by atoms with Gasteiger partial charge in [0.1, 0.15) is 11.3 Å². The number of benzene rings is 2. The van der Waals surface area contributed by atoms with Crippen LogP contribution in [-0.2, 0) is 5.75 Å². The number of fused-ring (bicyclic) bond motifs is 1. The van der Waals surface area contributed by atoms with Gasteiger partial charge in [0.2, 0.25) is 0 Å². The van der Waals surface area contributed by atoms with Gasteiger partial charge >= 0.3 is 6.03 Å². The lowest BCUT2D eigenvalue weighted by molar-refractivity contribution is 0.100. The van der Waals surface area contributed by atoms with Gasteiger partial charge in [0.25, 0.3) is 5.91 Å². The molecule has 0 saturated carbocycles. The van der Waals surface area contributed by atoms with Gasteiger partial charge in [0.05, 0.1) is 16.8 Å². The monoisotopic (exact) mass is 341 g/mol. The molecule has 0 aliphatic heterocycles. The molecule has 0 spiro atoms. The van der Waals surface area contributed by atoms with Crippen molar-refractivity contribution in [2.75, 3.05) is 5.32 Å². The molecule has 3 rings (SSSR count). The third-order valence-corrected chi connectivity index (χ3v) is 4.35. The molecule has 0 saturated heterocycles. The number of aromatic amines is 1. The first-order valence-corrected chi connectivity index (χ1v) is 8.08. The number of hydrogen-bond donors (Lipinski definition) is 4. The average Bonchev–Trinajstić information content (AvgIpc) is 2.96. The third-order valence-electron chi connectivity index (χ3n) is 3.32. The Bertz CT molecular complexity index is 904. The van der Waals surface area contributed by atoms with E-state index in [2.05, 4.69) is 15.3 Å². The van der Waals surface area contributed by atoms with Crippen molar-refractivity contribution in [3.05, 3.63) is 53.9 Å². The maximum Gasteiger partial charge on any atom is 0.316 e. The number of amides is 3. The minimum atomic E-state index is -0.595. The molecule has 0 aliphatic carbocycles. The summed E-state index contributed by atoms with van der Waals surface area (Å²) >= 11 is 1.58. The van der Waals surface area contributed by atoms with Gasteiger partial charge in [-0.05, 0) is 36.4 Å². The largest absolute Gasteiger partial charge is 0.366 e. The predicted molar refractivity (Wildman–Crippen MR) is 93.8 cm³/mol. The number of para-hydroxylation sites is 1. The number of imidazole rings is 1. The van der Waals surface area contributed by atoms with Crippen LogP contribution in [0, 0.1) is 0 Å². The van der Waals surface area contributed by atoms with Crippen molar-refractivity contribution >= 4 is 40.4 Å². The van der Waals surface area contributed by atoms with Gasteiger partial charge in [-0.1, -0.05) is 6.07 Å². The molecule has 1 aromatic heterocycles. The number of nitrogens with one attached hydrogen (secondary N) is 2. The molecule has 7 nitrogen and oxygen atoms in total. The number of primary amides is 2. The summed E-state index contributed by atoms with van der Waals surface area (Å²) in [6.45, 7) is 0. The zero-order valence-electron chi connectivity index (χ0n) is 12.6. The number of rotatable bonds is 5. The van der Waals surface area contributed by atoms with Crippen LogP contribution in [0.1, 0.15) is 16.2 Å². The summed E-state index contributed by atoms with van der Waals surface area (Å²) in [6, 6.07) is 12.0. The Morgan fingerprint density at radius 2 is 1.88 bits per heavy atom. The van der Waals surface area contributed by atoms with Crippen LogP contribution in [0.25, 0.3) is 11.0 Å². The van der Waals surface area contributed by atoms with E-state index in [-0.39, 0.29) is 0 Å². The van der Waals surface area contributed by atoms with Crippen molar-refractivity contribution in [3.63, 3.8) is 0 Å². The molecule has 2 aromatic carbocycles. The second kappa shape index (κ2) is 6.63. The molecule has 3 amide bonds. The predicted octanol–water partition coefficient (Wildman–Crippen LogP) is 2.44. The summed E-state index contributed by atoms with van der Waals surface area (Å²) in [7, 11) is 0. The van der Waals surface area contributed by atoms with E-state index in [1.807, 2.05) is 18.2 Å². The highest BCUT2D eigenvalue weighted by Gasteiger charge is 2.11. The number of anilines is 1. The number of carbonyl (C=O) groups is 2. The fourth-order valence-corrected chi connectivity index (χ4v) is 3.05. The van der Waals surface area contributed by atoms with E-state index < -0.39 is 11.9 Å². The second-order valence-electron chi connectivity index (χ2n) is 5.05. The number of urea groups is 1. The van der Waals surface area contributed by atoms with Crippen LogP contribution in [0.4, 0.5) is 10.5 Å². The van der Waals surface area contributed by atoms with E-state index >= 15 is 0 Å². The number of nitrogens with zero attached hydrogens (tertiary/aromatic N) is 1. The normalized spacial score (nSPS) is 10.7. The van der Waals surface area contributed by atoms with Crippen LogP contribution in [0.5, 0.6) is 0 Å². The van der Waals surface area contributed by atoms with E-state index in [1.165, 1.54) is 0 Å². The molecule has 0 atom stereocenters. The van der Waals surface area contributed by atoms with Crippen LogP contribution in [0.15, 0.2) is 47.4 Å². The molecule has 122 valence electrons. The topological polar surface area (TPSA) is 127 Å². The number of aromatic nitrogens is 2. The van der Waals surface area contributed by atoms with Gasteiger partial charge in [-0.3, -0.25) is 4.79 Å². The Labute approximate surface area is 141 Å². The Morgan fingerprint density at radius 3 is 2.54 bits per heavy atom. The number of carbonyl (C=O) groups excluding carboxylic acids is 2. The van der Waals surface area contributed by atoms with E-state index in [4.69, 9.17) is 11.5 Å². The molecule has 0 aliphatic rings. The highest BCUT2D eigenvalue weighted by molar-refractivity contribution is 7.98. The van der Waals surface area contributed by atoms with Crippen molar-refractivity contribution in [1.82, 2.24) is 9.97 Å². The first kappa shape index (κ1) is 15.9. The Hall–Kier alpha value is -3.00. The van der Waals surface area contributed by atoms with Crippen LogP contribution < -0.4 is 16.8 Å². The smallest absolute Gasteiger partial charge is 0.316 e. The third kappa shape index (κ3) is 3.49. The van der Waals surface area contributed by atoms with Crippen molar-refractivity contribution in [2.24, 2.45) is 11.5 Å². The minimum Gasteiger partial charge on any atom is -0.366 e. The highest BCUT2D eigenvalue weighted by Crippen LogP contribution is 2.25. The lowest BCUT2D eigenvalue weighted by Crippen LogP contribution is -2.19. The number of thioether (sulfide) groups is 1. The summed E-state index contributed by atoms with van der Waals surface area (Å²) in [5.41, 5.74) is 12.8. The summed E-state index contributed by atoms with van der Waals surface area (Å²) in [5, 5.41) is 2.51.